The van der Waals surface area contributed by atoms with Crippen LogP contribution >= 0.6 is 23.6 Å². The molecule has 0 spiro atoms. The van der Waals surface area contributed by atoms with Crippen molar-refractivity contribution in [1.82, 2.24) is 4.98 Å². The van der Waals surface area contributed by atoms with Gasteiger partial charge in [0.1, 0.15) is 0 Å². The van der Waals surface area contributed by atoms with E-state index in [1.54, 1.807) is 17.5 Å². The highest BCUT2D eigenvalue weighted by Gasteiger charge is 2.11. The minimum Gasteiger partial charge on any atom is -0.393 e. The molecule has 0 aliphatic carbocycles. The molecule has 2 aromatic rings. The maximum atomic E-state index is 5.56. The number of nitrogens with two attached hydrogens (primary N) is 1. The Labute approximate surface area is 110 Å². The predicted octanol–water partition coefficient (Wildman–Crippen LogP) is 2.96. The molecule has 0 aliphatic rings. The van der Waals surface area contributed by atoms with Crippen LogP contribution in [0.5, 0.6) is 0 Å². The molecule has 2 N–H and O–H groups in total. The van der Waals surface area contributed by atoms with Crippen LogP contribution in [0.25, 0.3) is 0 Å². The largest absolute Gasteiger partial charge is 0.393 e. The third kappa shape index (κ3) is 3.25. The quantitative estimate of drug-likeness (QED) is 0.842. The molecule has 0 bridgehead atoms. The van der Waals surface area contributed by atoms with Crippen LogP contribution in [-0.4, -0.2) is 16.5 Å². The van der Waals surface area contributed by atoms with E-state index < -0.39 is 0 Å². The zero-order chi connectivity index (χ0) is 12.1. The van der Waals surface area contributed by atoms with Crippen LogP contribution in [0.15, 0.2) is 41.9 Å². The molecule has 3 nitrogen and oxygen atoms in total. The Morgan fingerprint density at radius 2 is 2.12 bits per heavy atom. The second-order valence-corrected chi connectivity index (χ2v) is 4.92. The Balaban J connectivity index is 2.22. The first-order valence-corrected chi connectivity index (χ1v) is 6.56. The Bertz CT molecular complexity index is 468. The molecule has 17 heavy (non-hydrogen) atoms. The van der Waals surface area contributed by atoms with Crippen LogP contribution < -0.4 is 10.6 Å². The van der Waals surface area contributed by atoms with E-state index in [4.69, 9.17) is 18.0 Å². The van der Waals surface area contributed by atoms with E-state index >= 15 is 0 Å². The van der Waals surface area contributed by atoms with E-state index in [2.05, 4.69) is 22.0 Å². The average Bonchev–Trinajstić information content (AvgIpc) is 2.84. The molecule has 0 saturated heterocycles. The number of nitrogens with zero attached hydrogens (tertiary/aromatic N) is 2. The number of thiocarbonyl (C=S) groups is 1. The third-order valence-electron chi connectivity index (χ3n) is 2.30. The van der Waals surface area contributed by atoms with Crippen molar-refractivity contribution < 1.29 is 0 Å². The number of hydrogen-bond donors (Lipinski definition) is 1. The fourth-order valence-corrected chi connectivity index (χ4v) is 2.29. The average molecular weight is 263 g/mol. The molecule has 1 aromatic heterocycles. The van der Waals surface area contributed by atoms with Crippen molar-refractivity contribution in [2.75, 3.05) is 11.4 Å². The summed E-state index contributed by atoms with van der Waals surface area (Å²) in [5.41, 5.74) is 6.67. The van der Waals surface area contributed by atoms with Gasteiger partial charge in [0, 0.05) is 30.2 Å². The lowest BCUT2D eigenvalue weighted by Gasteiger charge is -2.21. The molecule has 5 heteroatoms. The minimum absolute atomic E-state index is 0.530. The molecular formula is C12H13N3S2. The van der Waals surface area contributed by atoms with E-state index in [1.807, 2.05) is 23.6 Å². The molecule has 0 aliphatic heterocycles. The van der Waals surface area contributed by atoms with Crippen molar-refractivity contribution in [3.8, 4) is 0 Å². The van der Waals surface area contributed by atoms with Gasteiger partial charge in [0.05, 0.1) is 4.99 Å². The summed E-state index contributed by atoms with van der Waals surface area (Å²) in [6.45, 7) is 0.757. The number of thiazole rings is 1. The third-order valence-corrected chi connectivity index (χ3v) is 3.30. The van der Waals surface area contributed by atoms with Crippen LogP contribution in [-0.2, 0) is 0 Å². The Hall–Kier alpha value is -1.46. The van der Waals surface area contributed by atoms with Gasteiger partial charge in [-0.25, -0.2) is 4.98 Å². The fraction of sp³-hybridized carbons (Fsp3) is 0.167. The van der Waals surface area contributed by atoms with Crippen LogP contribution in [0, 0.1) is 0 Å². The van der Waals surface area contributed by atoms with Crippen LogP contribution in [0.1, 0.15) is 6.42 Å². The lowest BCUT2D eigenvalue weighted by molar-refractivity contribution is 0.959. The van der Waals surface area contributed by atoms with E-state index in [9.17, 15) is 0 Å². The number of rotatable bonds is 5. The van der Waals surface area contributed by atoms with Crippen molar-refractivity contribution >= 4 is 39.4 Å². The fourth-order valence-electron chi connectivity index (χ4n) is 1.51. The monoisotopic (exact) mass is 263 g/mol. The Kier molecular flexibility index (Phi) is 4.06. The number of anilines is 2. The standard InChI is InChI=1S/C12H13N3S2/c13-11(16)6-8-15(12-14-7-9-17-12)10-4-2-1-3-5-10/h1-5,7,9H,6,8H2,(H2,13,16). The lowest BCUT2D eigenvalue weighted by atomic mass is 10.3. The molecular weight excluding hydrogens is 250 g/mol. The number of aromatic nitrogens is 1. The highest BCUT2D eigenvalue weighted by Crippen LogP contribution is 2.26. The predicted molar refractivity (Wildman–Crippen MR) is 77.0 cm³/mol. The van der Waals surface area contributed by atoms with Gasteiger partial charge in [-0.2, -0.15) is 0 Å². The molecule has 0 amide bonds. The summed E-state index contributed by atoms with van der Waals surface area (Å²) in [6, 6.07) is 10.1. The first-order valence-electron chi connectivity index (χ1n) is 5.28. The Morgan fingerprint density at radius 1 is 1.35 bits per heavy atom. The van der Waals surface area contributed by atoms with Crippen molar-refractivity contribution in [1.29, 1.82) is 0 Å². The molecule has 1 aromatic carbocycles. The van der Waals surface area contributed by atoms with E-state index in [1.165, 1.54) is 0 Å². The number of para-hydroxylation sites is 1. The SMILES string of the molecule is NC(=S)CCN(c1ccccc1)c1nccs1. The summed E-state index contributed by atoms with van der Waals surface area (Å²) >= 11 is 6.54. The maximum Gasteiger partial charge on any atom is 0.189 e. The normalized spacial score (nSPS) is 10.1. The van der Waals surface area contributed by atoms with Gasteiger partial charge in [0.15, 0.2) is 5.13 Å². The van der Waals surface area contributed by atoms with E-state index in [-0.39, 0.29) is 0 Å². The second-order valence-electron chi connectivity index (χ2n) is 3.52. The van der Waals surface area contributed by atoms with Gasteiger partial charge >= 0.3 is 0 Å². The minimum atomic E-state index is 0.530. The highest BCUT2D eigenvalue weighted by molar-refractivity contribution is 7.80. The molecule has 1 heterocycles. The van der Waals surface area contributed by atoms with Crippen molar-refractivity contribution in [2.45, 2.75) is 6.42 Å². The molecule has 0 fully saturated rings. The first-order chi connectivity index (χ1) is 8.27. The zero-order valence-electron chi connectivity index (χ0n) is 9.24. The summed E-state index contributed by atoms with van der Waals surface area (Å²) < 4.78 is 0. The van der Waals surface area contributed by atoms with E-state index in [0.717, 1.165) is 17.4 Å². The van der Waals surface area contributed by atoms with Gasteiger partial charge in [-0.3, -0.25) is 0 Å². The lowest BCUT2D eigenvalue weighted by Crippen LogP contribution is -2.22. The molecule has 0 atom stereocenters. The molecule has 0 unspecified atom stereocenters. The first kappa shape index (κ1) is 12.0. The van der Waals surface area contributed by atoms with Gasteiger partial charge in [0.25, 0.3) is 0 Å². The summed E-state index contributed by atoms with van der Waals surface area (Å²) in [6.07, 6.45) is 2.49. The highest BCUT2D eigenvalue weighted by atomic mass is 32.1. The Morgan fingerprint density at radius 3 is 2.71 bits per heavy atom. The zero-order valence-corrected chi connectivity index (χ0v) is 10.9. The smallest absolute Gasteiger partial charge is 0.189 e. The van der Waals surface area contributed by atoms with Crippen molar-refractivity contribution in [2.24, 2.45) is 5.73 Å². The van der Waals surface area contributed by atoms with Gasteiger partial charge in [-0.05, 0) is 12.1 Å². The van der Waals surface area contributed by atoms with Gasteiger partial charge in [0.2, 0.25) is 0 Å². The van der Waals surface area contributed by atoms with Crippen molar-refractivity contribution in [3.63, 3.8) is 0 Å². The summed E-state index contributed by atoms with van der Waals surface area (Å²) in [5, 5.41) is 2.93. The maximum absolute atomic E-state index is 5.56. The molecule has 2 rings (SSSR count). The summed E-state index contributed by atoms with van der Waals surface area (Å²) in [4.78, 5) is 6.99. The van der Waals surface area contributed by atoms with Gasteiger partial charge in [-0.15, -0.1) is 11.3 Å². The number of benzene rings is 1. The van der Waals surface area contributed by atoms with E-state index in [0.29, 0.717) is 11.4 Å². The van der Waals surface area contributed by atoms with Crippen LogP contribution in [0.4, 0.5) is 10.8 Å². The van der Waals surface area contributed by atoms with Crippen molar-refractivity contribution in [3.05, 3.63) is 41.9 Å². The van der Waals surface area contributed by atoms with Crippen LogP contribution in [0.2, 0.25) is 0 Å². The summed E-state index contributed by atoms with van der Waals surface area (Å²) in [5.74, 6) is 0. The topological polar surface area (TPSA) is 42.1 Å². The molecule has 88 valence electrons. The molecule has 0 radical (unpaired) electrons. The second kappa shape index (κ2) is 5.75. The summed E-state index contributed by atoms with van der Waals surface area (Å²) in [7, 11) is 0. The number of hydrogen-bond acceptors (Lipinski definition) is 4. The van der Waals surface area contributed by atoms with Crippen LogP contribution in [0.3, 0.4) is 0 Å². The molecule has 0 saturated carbocycles. The van der Waals surface area contributed by atoms with Gasteiger partial charge in [-0.1, -0.05) is 30.4 Å². The van der Waals surface area contributed by atoms with Gasteiger partial charge < -0.3 is 10.6 Å².